The fourth-order valence-electron chi connectivity index (χ4n) is 0.188. The summed E-state index contributed by atoms with van der Waals surface area (Å²) in [6, 6.07) is 0. The number of rotatable bonds is 0. The molecule has 1 heterocycles. The number of thiocarbonyl (C=S) groups is 1. The summed E-state index contributed by atoms with van der Waals surface area (Å²) in [6.07, 6.45) is -1.33. The Morgan fingerprint density at radius 2 is 2.40 bits per heavy atom. The molecule has 1 amide bonds. The topological polar surface area (TPSA) is 75.4 Å². The summed E-state index contributed by atoms with van der Waals surface area (Å²) in [5, 5.41) is 7.19. The van der Waals surface area contributed by atoms with Crippen molar-refractivity contribution in [2.75, 3.05) is 5.75 Å². The lowest BCUT2D eigenvalue weighted by atomic mass is 10.8. The minimum absolute atomic E-state index is 0.963. The fraction of sp³-hybridized carbons (Fsp3) is 0.333. The van der Waals surface area contributed by atoms with E-state index in [0.29, 0.717) is 0 Å². The zero-order chi connectivity index (χ0) is 7.98. The second kappa shape index (κ2) is 5.63. The molecule has 0 aromatic carbocycles. The molecule has 0 atom stereocenters. The van der Waals surface area contributed by atoms with Gasteiger partial charge in [0, 0.05) is 11.0 Å². The minimum atomic E-state index is -1.33. The van der Waals surface area contributed by atoms with E-state index in [-0.39, 0.29) is 0 Å². The van der Waals surface area contributed by atoms with Crippen LogP contribution in [-0.2, 0) is 0 Å². The highest BCUT2D eigenvalue weighted by atomic mass is 33.1. The number of nitrogens with one attached hydrogen (secondary N) is 1. The number of nitrogens with two attached hydrogens (primary N) is 1. The van der Waals surface area contributed by atoms with Crippen LogP contribution in [0.25, 0.3) is 0 Å². The van der Waals surface area contributed by atoms with Crippen molar-refractivity contribution in [2.45, 2.75) is 0 Å². The van der Waals surface area contributed by atoms with Gasteiger partial charge in [0.05, 0.1) is 10.7 Å². The van der Waals surface area contributed by atoms with Crippen molar-refractivity contribution >= 4 is 45.1 Å². The highest BCUT2D eigenvalue weighted by molar-refractivity contribution is 8.77. The van der Waals surface area contributed by atoms with Crippen LogP contribution in [0, 0.1) is 0 Å². The van der Waals surface area contributed by atoms with Crippen LogP contribution in [0.1, 0.15) is 0 Å². The third-order valence-electron chi connectivity index (χ3n) is 0.404. The van der Waals surface area contributed by atoms with E-state index in [1.54, 1.807) is 21.8 Å². The first-order valence-corrected chi connectivity index (χ1v) is 4.91. The third kappa shape index (κ3) is 7.86. The number of hydrogen-bond donors (Lipinski definition) is 3. The van der Waals surface area contributed by atoms with Gasteiger partial charge in [0.25, 0.3) is 0 Å². The summed E-state index contributed by atoms with van der Waals surface area (Å²) >= 11 is 4.77. The van der Waals surface area contributed by atoms with Gasteiger partial charge in [-0.2, -0.15) is 0 Å². The summed E-state index contributed by atoms with van der Waals surface area (Å²) < 4.78 is 2.93. The molecular formula is C3H6N2O2S3. The molecule has 0 aromatic rings. The molecule has 0 unspecified atom stereocenters. The Morgan fingerprint density at radius 1 is 1.90 bits per heavy atom. The average Bonchev–Trinajstić information content (AvgIpc) is 2.15. The van der Waals surface area contributed by atoms with Crippen LogP contribution in [0.3, 0.4) is 0 Å². The number of amides is 1. The Hall–Kier alpha value is -0.140. The van der Waals surface area contributed by atoms with Crippen LogP contribution in [0.2, 0.25) is 0 Å². The van der Waals surface area contributed by atoms with Gasteiger partial charge in [-0.3, -0.25) is 0 Å². The molecule has 0 radical (unpaired) electrons. The Morgan fingerprint density at radius 3 is 2.50 bits per heavy atom. The van der Waals surface area contributed by atoms with Gasteiger partial charge in [0.15, 0.2) is 0 Å². The summed E-state index contributed by atoms with van der Waals surface area (Å²) in [6.45, 7) is 0. The molecule has 1 fully saturated rings. The lowest BCUT2D eigenvalue weighted by Gasteiger charge is -1.80. The largest absolute Gasteiger partial charge is 0.465 e. The van der Waals surface area contributed by atoms with E-state index < -0.39 is 6.09 Å². The smallest absolute Gasteiger partial charge is 0.402 e. The molecule has 1 saturated heterocycles. The van der Waals surface area contributed by atoms with Gasteiger partial charge >= 0.3 is 6.09 Å². The minimum Gasteiger partial charge on any atom is -0.465 e. The van der Waals surface area contributed by atoms with Gasteiger partial charge in [-0.1, -0.05) is 23.0 Å². The number of carboxylic acid groups (broad SMARTS) is 1. The Kier molecular flexibility index (Phi) is 5.55. The zero-order valence-electron chi connectivity index (χ0n) is 4.86. The van der Waals surface area contributed by atoms with E-state index >= 15 is 0 Å². The summed E-state index contributed by atoms with van der Waals surface area (Å²) in [5.74, 6) is 0.986. The maximum atomic E-state index is 8.78. The molecule has 10 heavy (non-hydrogen) atoms. The first-order chi connectivity index (χ1) is 4.63. The lowest BCUT2D eigenvalue weighted by Crippen LogP contribution is -2.05. The van der Waals surface area contributed by atoms with E-state index in [0.717, 1.165) is 10.7 Å². The summed E-state index contributed by atoms with van der Waals surface area (Å²) in [5.41, 5.74) is 4.03. The highest BCUT2D eigenvalue weighted by Crippen LogP contribution is 2.23. The van der Waals surface area contributed by atoms with E-state index in [2.05, 4.69) is 10.5 Å². The molecule has 4 N–H and O–H groups in total. The van der Waals surface area contributed by atoms with Gasteiger partial charge in [0.2, 0.25) is 0 Å². The Labute approximate surface area is 71.5 Å². The van der Waals surface area contributed by atoms with E-state index in [9.17, 15) is 0 Å². The number of primary amides is 1. The normalized spacial score (nSPS) is 15.0. The Balaban J connectivity index is 0.000000180. The molecule has 1 rings (SSSR count). The number of hydrogen-bond acceptors (Lipinski definition) is 4. The summed E-state index contributed by atoms with van der Waals surface area (Å²) in [7, 11) is 3.35. The molecule has 7 heteroatoms. The molecule has 0 bridgehead atoms. The van der Waals surface area contributed by atoms with Crippen LogP contribution in [0.5, 0.6) is 0 Å². The molecule has 0 spiro atoms. The molecule has 58 valence electrons. The Bertz CT molecular complexity index is 128. The lowest BCUT2D eigenvalue weighted by molar-refractivity contribution is 0.205. The molecular weight excluding hydrogens is 192 g/mol. The van der Waals surface area contributed by atoms with E-state index in [4.69, 9.17) is 22.1 Å². The van der Waals surface area contributed by atoms with Crippen molar-refractivity contribution in [1.29, 1.82) is 0 Å². The van der Waals surface area contributed by atoms with Crippen molar-refractivity contribution in [2.24, 2.45) is 5.73 Å². The predicted molar refractivity (Wildman–Crippen MR) is 48.0 cm³/mol. The first-order valence-electron chi connectivity index (χ1n) is 2.18. The average molecular weight is 198 g/mol. The van der Waals surface area contributed by atoms with E-state index in [1.807, 2.05) is 0 Å². The maximum absolute atomic E-state index is 8.78. The van der Waals surface area contributed by atoms with Crippen LogP contribution in [0.15, 0.2) is 0 Å². The predicted octanol–water partition coefficient (Wildman–Crippen LogP) is 0.837. The standard InChI is InChI=1S/C2H3NS3.CH3NO2/c4-2-1-5-6-3-2;2-1(3)4/h1H2,(H,3,4);2H2,(H,3,4). The van der Waals surface area contributed by atoms with Gasteiger partial charge in [-0.05, 0) is 0 Å². The SMILES string of the molecule is NC(=O)O.S=C1CSSN1. The first kappa shape index (κ1) is 9.86. The number of carbonyl (C=O) groups is 1. The van der Waals surface area contributed by atoms with Gasteiger partial charge in [-0.15, -0.1) is 0 Å². The molecule has 0 aliphatic carbocycles. The maximum Gasteiger partial charge on any atom is 0.402 e. The molecule has 1 aliphatic rings. The van der Waals surface area contributed by atoms with Crippen LogP contribution >= 0.6 is 34.0 Å². The van der Waals surface area contributed by atoms with Gasteiger partial charge in [0.1, 0.15) is 0 Å². The van der Waals surface area contributed by atoms with Gasteiger partial charge in [-0.25, -0.2) is 4.79 Å². The monoisotopic (exact) mass is 198 g/mol. The van der Waals surface area contributed by atoms with Crippen molar-refractivity contribution in [1.82, 2.24) is 4.72 Å². The van der Waals surface area contributed by atoms with Crippen LogP contribution in [-0.4, -0.2) is 21.9 Å². The second-order valence-corrected chi connectivity index (χ2v) is 3.80. The van der Waals surface area contributed by atoms with E-state index in [1.165, 1.54) is 0 Å². The fourth-order valence-corrected chi connectivity index (χ4v) is 2.43. The highest BCUT2D eigenvalue weighted by Gasteiger charge is 2.03. The zero-order valence-corrected chi connectivity index (χ0v) is 7.31. The summed E-state index contributed by atoms with van der Waals surface area (Å²) in [4.78, 5) is 9.74. The van der Waals surface area contributed by atoms with Crippen molar-refractivity contribution < 1.29 is 9.90 Å². The molecule has 4 nitrogen and oxygen atoms in total. The van der Waals surface area contributed by atoms with Crippen LogP contribution < -0.4 is 10.5 Å². The van der Waals surface area contributed by atoms with Crippen molar-refractivity contribution in [3.63, 3.8) is 0 Å². The van der Waals surface area contributed by atoms with Gasteiger partial charge < -0.3 is 15.6 Å². The van der Waals surface area contributed by atoms with Crippen LogP contribution in [0.4, 0.5) is 4.79 Å². The van der Waals surface area contributed by atoms with Crippen molar-refractivity contribution in [3.05, 3.63) is 0 Å². The quantitative estimate of drug-likeness (QED) is 0.304. The third-order valence-corrected chi connectivity index (χ3v) is 2.77. The molecule has 0 saturated carbocycles. The molecule has 0 aromatic heterocycles. The second-order valence-electron chi connectivity index (χ2n) is 1.21. The molecule has 1 aliphatic heterocycles. The van der Waals surface area contributed by atoms with Crippen molar-refractivity contribution in [3.8, 4) is 0 Å².